The zero-order valence-corrected chi connectivity index (χ0v) is 23.2. The summed E-state index contributed by atoms with van der Waals surface area (Å²) in [5, 5.41) is 5.39. The van der Waals surface area contributed by atoms with E-state index in [4.69, 9.17) is 0 Å². The van der Waals surface area contributed by atoms with Gasteiger partial charge in [0, 0.05) is 0 Å². The SMILES string of the molecule is C[C](C)=[Zr+2].Cc1cc(C)cc(C2=[C-]CC=C2)c1.Cl.Cl.c1ccc2c(c1)[cH-]c1ccccc12. The molecule has 0 nitrogen and oxygen atoms in total. The molecule has 0 atom stereocenters. The van der Waals surface area contributed by atoms with Crippen LogP contribution in [0.25, 0.3) is 27.1 Å². The van der Waals surface area contributed by atoms with Crippen molar-refractivity contribution in [1.82, 2.24) is 0 Å². The molecular weight excluding hydrogens is 510 g/mol. The van der Waals surface area contributed by atoms with Crippen LogP contribution in [-0.2, 0) is 24.2 Å². The summed E-state index contributed by atoms with van der Waals surface area (Å²) in [5.74, 6) is 0. The quantitative estimate of drug-likeness (QED) is 0.212. The van der Waals surface area contributed by atoms with E-state index < -0.39 is 0 Å². The number of allylic oxidation sites excluding steroid dienone is 4. The zero-order valence-electron chi connectivity index (χ0n) is 19.1. The van der Waals surface area contributed by atoms with Crippen LogP contribution in [0.3, 0.4) is 0 Å². The summed E-state index contributed by atoms with van der Waals surface area (Å²) >= 11 is 1.55. The Morgan fingerprint density at radius 3 is 1.72 bits per heavy atom. The van der Waals surface area contributed by atoms with Crippen molar-refractivity contribution in [2.75, 3.05) is 0 Å². The standard InChI is InChI=1S/C13H9.C13H13.C3H6.2ClH.Zr/c1-3-7-12-10(5-1)9-11-6-2-4-8-13(11)12;1-10-7-11(2)9-13(8-10)12-5-3-4-6-12;1-3-2;;;/h1-9H;3,5,7-9H,4H2,1-2H3;1-2H3;2*1H;/q2*-1;;;;+2. The predicted octanol–water partition coefficient (Wildman–Crippen LogP) is 8.75. The van der Waals surface area contributed by atoms with Crippen molar-refractivity contribution >= 4 is 55.1 Å². The molecule has 0 aliphatic heterocycles. The molecule has 0 saturated carbocycles. The first-order chi connectivity index (χ1) is 14.4. The van der Waals surface area contributed by atoms with Gasteiger partial charge in [-0.15, -0.1) is 88.3 Å². The molecule has 0 heterocycles. The molecule has 4 aromatic rings. The number of hydrogen-bond acceptors (Lipinski definition) is 0. The van der Waals surface area contributed by atoms with Gasteiger partial charge < -0.3 is 0 Å². The van der Waals surface area contributed by atoms with Crippen molar-refractivity contribution in [2.24, 2.45) is 0 Å². The average Bonchev–Trinajstić information content (AvgIpc) is 3.35. The number of hydrogen-bond donors (Lipinski definition) is 0. The van der Waals surface area contributed by atoms with Gasteiger partial charge in [0.05, 0.1) is 0 Å². The van der Waals surface area contributed by atoms with E-state index in [2.05, 4.69) is 119 Å². The van der Waals surface area contributed by atoms with Gasteiger partial charge in [0.1, 0.15) is 0 Å². The zero-order chi connectivity index (χ0) is 21.5. The van der Waals surface area contributed by atoms with E-state index in [1.54, 1.807) is 24.2 Å². The molecule has 1 aliphatic carbocycles. The minimum Gasteiger partial charge on any atom is -0.197 e. The first-order valence-corrected chi connectivity index (χ1v) is 11.6. The monoisotopic (exact) mass is 538 g/mol. The fourth-order valence-corrected chi connectivity index (χ4v) is 3.64. The van der Waals surface area contributed by atoms with Gasteiger partial charge in [-0.3, -0.25) is 0 Å². The van der Waals surface area contributed by atoms with Gasteiger partial charge in [-0.2, -0.15) is 17.7 Å². The first kappa shape index (κ1) is 28.4. The molecule has 0 radical (unpaired) electrons. The third-order valence-electron chi connectivity index (χ3n) is 4.75. The van der Waals surface area contributed by atoms with Crippen LogP contribution >= 0.6 is 24.8 Å². The maximum absolute atomic E-state index is 3.33. The molecular formula is C29H30Cl2Zr. The molecule has 0 fully saturated rings. The number of halogens is 2. The summed E-state index contributed by atoms with van der Waals surface area (Å²) in [4.78, 5) is 0. The second-order valence-electron chi connectivity index (χ2n) is 7.89. The van der Waals surface area contributed by atoms with Gasteiger partial charge in [-0.05, 0) is 13.8 Å². The Morgan fingerprint density at radius 1 is 0.812 bits per heavy atom. The van der Waals surface area contributed by atoms with Crippen LogP contribution in [0.5, 0.6) is 0 Å². The van der Waals surface area contributed by atoms with Crippen LogP contribution in [-0.4, -0.2) is 3.21 Å². The summed E-state index contributed by atoms with van der Waals surface area (Å²) in [5.41, 5.74) is 5.19. The second kappa shape index (κ2) is 13.8. The normalized spacial score (nSPS) is 11.4. The molecule has 0 bridgehead atoms. The van der Waals surface area contributed by atoms with Crippen molar-refractivity contribution in [1.29, 1.82) is 0 Å². The molecule has 0 spiro atoms. The molecule has 0 unspecified atom stereocenters. The molecule has 0 aromatic heterocycles. The maximum atomic E-state index is 3.33. The van der Waals surface area contributed by atoms with E-state index in [9.17, 15) is 0 Å². The van der Waals surface area contributed by atoms with Crippen LogP contribution in [0.15, 0.2) is 84.9 Å². The fourth-order valence-electron chi connectivity index (χ4n) is 3.64. The van der Waals surface area contributed by atoms with E-state index in [1.807, 2.05) is 0 Å². The van der Waals surface area contributed by atoms with Crippen LogP contribution < -0.4 is 0 Å². The third-order valence-corrected chi connectivity index (χ3v) is 4.75. The van der Waals surface area contributed by atoms with Crippen LogP contribution in [0.4, 0.5) is 0 Å². The number of fused-ring (bicyclic) bond motifs is 3. The fraction of sp³-hybridized carbons (Fsp3) is 0.172. The van der Waals surface area contributed by atoms with Gasteiger partial charge in [-0.1, -0.05) is 60.0 Å². The number of rotatable bonds is 1. The van der Waals surface area contributed by atoms with Crippen molar-refractivity contribution < 1.29 is 24.2 Å². The molecule has 32 heavy (non-hydrogen) atoms. The van der Waals surface area contributed by atoms with Gasteiger partial charge in [-0.25, -0.2) is 0 Å². The van der Waals surface area contributed by atoms with Gasteiger partial charge in [0.2, 0.25) is 0 Å². The topological polar surface area (TPSA) is 0 Å². The third kappa shape index (κ3) is 8.04. The Morgan fingerprint density at radius 2 is 1.28 bits per heavy atom. The Hall–Kier alpha value is -1.66. The average molecular weight is 541 g/mol. The molecule has 1 aliphatic rings. The molecule has 3 heteroatoms. The van der Waals surface area contributed by atoms with Gasteiger partial charge >= 0.3 is 41.3 Å². The van der Waals surface area contributed by atoms with E-state index >= 15 is 0 Å². The summed E-state index contributed by atoms with van der Waals surface area (Å²) in [6.45, 7) is 8.52. The van der Waals surface area contributed by atoms with Gasteiger partial charge in [0.15, 0.2) is 0 Å². The van der Waals surface area contributed by atoms with Crippen molar-refractivity contribution in [2.45, 2.75) is 34.1 Å². The molecule has 4 aromatic carbocycles. The molecule has 5 rings (SSSR count). The van der Waals surface area contributed by atoms with E-state index in [-0.39, 0.29) is 24.8 Å². The van der Waals surface area contributed by atoms with E-state index in [0.717, 1.165) is 6.42 Å². The van der Waals surface area contributed by atoms with Crippen molar-refractivity contribution in [3.8, 4) is 0 Å². The molecule has 0 saturated heterocycles. The Labute approximate surface area is 219 Å². The van der Waals surface area contributed by atoms with E-state index in [0.29, 0.717) is 0 Å². The Kier molecular flexibility index (Phi) is 12.2. The van der Waals surface area contributed by atoms with Gasteiger partial charge in [0.25, 0.3) is 0 Å². The molecule has 0 amide bonds. The van der Waals surface area contributed by atoms with Crippen molar-refractivity contribution in [3.05, 3.63) is 108 Å². The Balaban J connectivity index is 0.000000261. The van der Waals surface area contributed by atoms with Crippen molar-refractivity contribution in [3.63, 3.8) is 0 Å². The summed E-state index contributed by atoms with van der Waals surface area (Å²) in [7, 11) is 0. The maximum Gasteiger partial charge on any atom is -0.0408 e. The largest absolute Gasteiger partial charge is 0.197 e. The predicted molar refractivity (Wildman–Crippen MR) is 144 cm³/mol. The van der Waals surface area contributed by atoms with E-state index in [1.165, 1.54) is 47.0 Å². The summed E-state index contributed by atoms with van der Waals surface area (Å²) in [6.07, 6.45) is 8.59. The molecule has 164 valence electrons. The first-order valence-electron chi connectivity index (χ1n) is 10.3. The minimum atomic E-state index is 0. The minimum absolute atomic E-state index is 0. The molecule has 0 N–H and O–H groups in total. The van der Waals surface area contributed by atoms with Crippen LogP contribution in [0, 0.1) is 19.9 Å². The van der Waals surface area contributed by atoms with Crippen LogP contribution in [0.2, 0.25) is 0 Å². The number of benzene rings is 3. The second-order valence-corrected chi connectivity index (χ2v) is 10.4. The smallest absolute Gasteiger partial charge is 0.0408 e. The van der Waals surface area contributed by atoms with Crippen LogP contribution in [0.1, 0.15) is 37.0 Å². The number of aryl methyl sites for hydroxylation is 2. The Bertz CT molecular complexity index is 1150. The summed E-state index contributed by atoms with van der Waals surface area (Å²) in [6, 6.07) is 25.9. The summed E-state index contributed by atoms with van der Waals surface area (Å²) < 4.78 is 1.51.